The number of aromatic nitrogens is 1. The first-order chi connectivity index (χ1) is 8.28. The van der Waals surface area contributed by atoms with Gasteiger partial charge in [-0.2, -0.15) is 0 Å². The van der Waals surface area contributed by atoms with Gasteiger partial charge in [-0.3, -0.25) is 0 Å². The monoisotopic (exact) mass is 269 g/mol. The van der Waals surface area contributed by atoms with E-state index in [0.29, 0.717) is 0 Å². The first-order valence-corrected chi connectivity index (χ1v) is 4.41. The molecule has 100 valence electrons. The summed E-state index contributed by atoms with van der Waals surface area (Å²) in [6, 6.07) is 0.768. The van der Waals surface area contributed by atoms with Crippen LogP contribution in [0.1, 0.15) is 16.1 Å². The Balaban J connectivity index is 3.37. The molecule has 0 amide bonds. The summed E-state index contributed by atoms with van der Waals surface area (Å²) in [5.41, 5.74) is -1.17. The maximum absolute atomic E-state index is 12.4. The van der Waals surface area contributed by atoms with E-state index in [1.807, 2.05) is 0 Å². The highest BCUT2D eigenvalue weighted by atomic mass is 19.4. The van der Waals surface area contributed by atoms with Crippen molar-refractivity contribution in [1.29, 1.82) is 0 Å². The summed E-state index contributed by atoms with van der Waals surface area (Å²) in [6.07, 6.45) is -5.09. The fraction of sp³-hybridized carbons (Fsp3) is 0.333. The first-order valence-electron chi connectivity index (χ1n) is 4.41. The van der Waals surface area contributed by atoms with E-state index in [-0.39, 0.29) is 0 Å². The standard InChI is InChI=1S/C9H7F4NO4/c1-17-6-5(8(15)16)2-4(3-10)14-7(6)18-9(11,12)13/h2H,3H2,1H3,(H,15,16). The fourth-order valence-electron chi connectivity index (χ4n) is 1.16. The molecule has 18 heavy (non-hydrogen) atoms. The Labute approximate surface area is 98.0 Å². The number of carbonyl (C=O) groups is 1. The zero-order chi connectivity index (χ0) is 13.9. The topological polar surface area (TPSA) is 68.7 Å². The molecule has 0 spiro atoms. The molecule has 0 aliphatic rings. The van der Waals surface area contributed by atoms with Gasteiger partial charge in [0, 0.05) is 0 Å². The van der Waals surface area contributed by atoms with E-state index < -0.39 is 41.9 Å². The van der Waals surface area contributed by atoms with Gasteiger partial charge < -0.3 is 14.6 Å². The minimum absolute atomic E-state index is 0.507. The molecule has 1 rings (SSSR count). The van der Waals surface area contributed by atoms with E-state index >= 15 is 0 Å². The molecule has 9 heteroatoms. The van der Waals surface area contributed by atoms with Crippen molar-refractivity contribution in [2.75, 3.05) is 7.11 Å². The maximum atomic E-state index is 12.4. The molecule has 1 N–H and O–H groups in total. The Hall–Kier alpha value is -2.06. The van der Waals surface area contributed by atoms with Crippen LogP contribution < -0.4 is 9.47 Å². The van der Waals surface area contributed by atoms with Crippen LogP contribution in [-0.2, 0) is 6.67 Å². The minimum Gasteiger partial charge on any atom is -0.491 e. The summed E-state index contributed by atoms with van der Waals surface area (Å²) in [5, 5.41) is 8.77. The molecular formula is C9H7F4NO4. The number of carboxylic acids is 1. The molecule has 1 heterocycles. The number of aromatic carboxylic acids is 1. The van der Waals surface area contributed by atoms with Crippen LogP contribution in [0.15, 0.2) is 6.07 Å². The lowest BCUT2D eigenvalue weighted by Gasteiger charge is -2.13. The van der Waals surface area contributed by atoms with E-state index in [9.17, 15) is 22.4 Å². The zero-order valence-corrected chi connectivity index (χ0v) is 8.92. The van der Waals surface area contributed by atoms with Crippen LogP contribution in [-0.4, -0.2) is 29.5 Å². The van der Waals surface area contributed by atoms with Crippen molar-refractivity contribution in [3.63, 3.8) is 0 Å². The predicted molar refractivity (Wildman–Crippen MR) is 49.2 cm³/mol. The number of methoxy groups -OCH3 is 1. The number of hydrogen-bond acceptors (Lipinski definition) is 4. The second kappa shape index (κ2) is 5.07. The number of nitrogens with zero attached hydrogens (tertiary/aromatic N) is 1. The van der Waals surface area contributed by atoms with E-state index in [4.69, 9.17) is 5.11 Å². The number of hydrogen-bond donors (Lipinski definition) is 1. The molecule has 0 aliphatic carbocycles. The van der Waals surface area contributed by atoms with Crippen molar-refractivity contribution in [2.45, 2.75) is 13.0 Å². The Morgan fingerprint density at radius 2 is 2.11 bits per heavy atom. The van der Waals surface area contributed by atoms with Crippen molar-refractivity contribution in [1.82, 2.24) is 4.98 Å². The van der Waals surface area contributed by atoms with Gasteiger partial charge in [0.15, 0.2) is 5.75 Å². The van der Waals surface area contributed by atoms with Gasteiger partial charge in [0.05, 0.1) is 12.8 Å². The number of carboxylic acid groups (broad SMARTS) is 1. The van der Waals surface area contributed by atoms with Crippen molar-refractivity contribution >= 4 is 5.97 Å². The summed E-state index contributed by atoms with van der Waals surface area (Å²) in [6.45, 7) is -1.24. The molecule has 0 saturated carbocycles. The Morgan fingerprint density at radius 3 is 2.50 bits per heavy atom. The van der Waals surface area contributed by atoms with Crippen LogP contribution in [0, 0.1) is 0 Å². The third kappa shape index (κ3) is 3.22. The van der Waals surface area contributed by atoms with E-state index in [1.54, 1.807) is 0 Å². The Kier molecular flexibility index (Phi) is 3.94. The minimum atomic E-state index is -5.09. The third-order valence-electron chi connectivity index (χ3n) is 1.78. The number of ether oxygens (including phenoxy) is 2. The van der Waals surface area contributed by atoms with Crippen LogP contribution in [0.3, 0.4) is 0 Å². The quantitative estimate of drug-likeness (QED) is 0.848. The van der Waals surface area contributed by atoms with Gasteiger partial charge in [0.2, 0.25) is 0 Å². The van der Waals surface area contributed by atoms with Gasteiger partial charge in [-0.05, 0) is 6.07 Å². The van der Waals surface area contributed by atoms with Crippen LogP contribution in [0.2, 0.25) is 0 Å². The molecule has 0 fully saturated rings. The number of alkyl halides is 4. The number of pyridine rings is 1. The Bertz CT molecular complexity index is 461. The molecule has 0 aromatic carbocycles. The molecular weight excluding hydrogens is 262 g/mol. The second-order valence-corrected chi connectivity index (χ2v) is 2.99. The molecule has 0 radical (unpaired) electrons. The van der Waals surface area contributed by atoms with Gasteiger partial charge in [-0.25, -0.2) is 14.2 Å². The SMILES string of the molecule is COc1c(C(=O)O)cc(CF)nc1OC(F)(F)F. The highest BCUT2D eigenvalue weighted by molar-refractivity contribution is 5.91. The molecule has 0 bridgehead atoms. The van der Waals surface area contributed by atoms with E-state index in [0.717, 1.165) is 13.2 Å². The average Bonchev–Trinajstić information content (AvgIpc) is 2.25. The van der Waals surface area contributed by atoms with Gasteiger partial charge in [0.1, 0.15) is 12.2 Å². The highest BCUT2D eigenvalue weighted by Gasteiger charge is 2.35. The number of halogens is 4. The van der Waals surface area contributed by atoms with Crippen molar-refractivity contribution in [2.24, 2.45) is 0 Å². The second-order valence-electron chi connectivity index (χ2n) is 2.99. The van der Waals surface area contributed by atoms with Crippen molar-refractivity contribution in [3.8, 4) is 11.6 Å². The smallest absolute Gasteiger partial charge is 0.491 e. The first kappa shape index (κ1) is 14.0. The Morgan fingerprint density at radius 1 is 1.50 bits per heavy atom. The van der Waals surface area contributed by atoms with Crippen LogP contribution in [0.25, 0.3) is 0 Å². The highest BCUT2D eigenvalue weighted by Crippen LogP contribution is 2.34. The average molecular weight is 269 g/mol. The van der Waals surface area contributed by atoms with Crippen molar-refractivity contribution in [3.05, 3.63) is 17.3 Å². The summed E-state index contributed by atoms with van der Waals surface area (Å²) in [7, 11) is 0.946. The van der Waals surface area contributed by atoms with Gasteiger partial charge in [-0.1, -0.05) is 0 Å². The van der Waals surface area contributed by atoms with E-state index in [2.05, 4.69) is 14.5 Å². The molecule has 0 aliphatic heterocycles. The summed E-state index contributed by atoms with van der Waals surface area (Å²) < 4.78 is 56.6. The van der Waals surface area contributed by atoms with Crippen LogP contribution in [0.4, 0.5) is 17.6 Å². The molecule has 1 aromatic rings. The maximum Gasteiger partial charge on any atom is 0.574 e. The molecule has 0 unspecified atom stereocenters. The van der Waals surface area contributed by atoms with E-state index in [1.165, 1.54) is 0 Å². The molecule has 0 atom stereocenters. The zero-order valence-electron chi connectivity index (χ0n) is 8.92. The lowest BCUT2D eigenvalue weighted by atomic mass is 10.2. The molecule has 5 nitrogen and oxygen atoms in total. The van der Waals surface area contributed by atoms with Gasteiger partial charge >= 0.3 is 12.3 Å². The lowest BCUT2D eigenvalue weighted by molar-refractivity contribution is -0.276. The van der Waals surface area contributed by atoms with Gasteiger partial charge in [0.25, 0.3) is 5.88 Å². The molecule has 0 saturated heterocycles. The largest absolute Gasteiger partial charge is 0.574 e. The molecule has 1 aromatic heterocycles. The lowest BCUT2D eigenvalue weighted by Crippen LogP contribution is -2.19. The van der Waals surface area contributed by atoms with Gasteiger partial charge in [-0.15, -0.1) is 13.2 Å². The fourth-order valence-corrected chi connectivity index (χ4v) is 1.16. The van der Waals surface area contributed by atoms with Crippen LogP contribution in [0.5, 0.6) is 11.6 Å². The normalized spacial score (nSPS) is 11.2. The summed E-state index contributed by atoms with van der Waals surface area (Å²) in [5.74, 6) is -3.45. The van der Waals surface area contributed by atoms with Crippen LogP contribution >= 0.6 is 0 Å². The summed E-state index contributed by atoms with van der Waals surface area (Å²) >= 11 is 0. The summed E-state index contributed by atoms with van der Waals surface area (Å²) in [4.78, 5) is 14.0. The third-order valence-corrected chi connectivity index (χ3v) is 1.78. The number of rotatable bonds is 4. The predicted octanol–water partition coefficient (Wildman–Crippen LogP) is 2.16. The van der Waals surface area contributed by atoms with Crippen molar-refractivity contribution < 1.29 is 36.9 Å².